The molecule has 1 aromatic rings. The number of urea groups is 1. The molecule has 0 radical (unpaired) electrons. The molecule has 0 saturated heterocycles. The molecular formula is C13H16N2O4. The summed E-state index contributed by atoms with van der Waals surface area (Å²) in [7, 11) is 0. The molecule has 0 aliphatic rings. The van der Waals surface area contributed by atoms with Gasteiger partial charge in [-0.25, -0.2) is 9.59 Å². The largest absolute Gasteiger partial charge is 0.507 e. The van der Waals surface area contributed by atoms with Crippen LogP contribution < -0.4 is 5.32 Å². The van der Waals surface area contributed by atoms with Gasteiger partial charge < -0.3 is 20.4 Å². The van der Waals surface area contributed by atoms with E-state index < -0.39 is 11.7 Å². The standard InChI is InChI=1S/C13H16N2O4/c1-3-7-15(4-2)13(19)14-9-5-6-10(12(17)18)11(16)8-9/h3,5-6,8,16H,1,4,7H2,2H3,(H,14,19)(H,17,18). The Morgan fingerprint density at radius 3 is 2.63 bits per heavy atom. The maximum absolute atomic E-state index is 11.8. The van der Waals surface area contributed by atoms with E-state index in [0.29, 0.717) is 18.8 Å². The summed E-state index contributed by atoms with van der Waals surface area (Å²) >= 11 is 0. The number of rotatable bonds is 5. The number of benzene rings is 1. The van der Waals surface area contributed by atoms with Gasteiger partial charge in [0.15, 0.2) is 0 Å². The molecule has 0 fully saturated rings. The van der Waals surface area contributed by atoms with E-state index in [1.807, 2.05) is 6.92 Å². The fourth-order valence-corrected chi connectivity index (χ4v) is 1.50. The van der Waals surface area contributed by atoms with Crippen molar-refractivity contribution in [2.75, 3.05) is 18.4 Å². The maximum Gasteiger partial charge on any atom is 0.339 e. The highest BCUT2D eigenvalue weighted by Crippen LogP contribution is 2.22. The van der Waals surface area contributed by atoms with Crippen LogP contribution in [0.3, 0.4) is 0 Å². The highest BCUT2D eigenvalue weighted by atomic mass is 16.4. The Bertz CT molecular complexity index is 499. The van der Waals surface area contributed by atoms with Crippen molar-refractivity contribution in [2.45, 2.75) is 6.92 Å². The van der Waals surface area contributed by atoms with Crippen molar-refractivity contribution >= 4 is 17.7 Å². The van der Waals surface area contributed by atoms with E-state index in [9.17, 15) is 14.7 Å². The van der Waals surface area contributed by atoms with Gasteiger partial charge in [0.25, 0.3) is 0 Å². The Balaban J connectivity index is 2.82. The number of aromatic carboxylic acids is 1. The number of hydrogen-bond acceptors (Lipinski definition) is 3. The summed E-state index contributed by atoms with van der Waals surface area (Å²) < 4.78 is 0. The van der Waals surface area contributed by atoms with Crippen LogP contribution in [0.5, 0.6) is 5.75 Å². The second-order valence-corrected chi connectivity index (χ2v) is 3.79. The molecule has 0 atom stereocenters. The van der Waals surface area contributed by atoms with Gasteiger partial charge in [-0.2, -0.15) is 0 Å². The zero-order valence-corrected chi connectivity index (χ0v) is 10.6. The molecule has 0 heterocycles. The number of carbonyl (C=O) groups excluding carboxylic acids is 1. The molecule has 19 heavy (non-hydrogen) atoms. The number of amides is 2. The summed E-state index contributed by atoms with van der Waals surface area (Å²) in [6.07, 6.45) is 1.61. The molecule has 1 aromatic carbocycles. The number of nitrogens with one attached hydrogen (secondary N) is 1. The Labute approximate surface area is 111 Å². The molecule has 0 aliphatic heterocycles. The predicted octanol–water partition coefficient (Wildman–Crippen LogP) is 2.13. The van der Waals surface area contributed by atoms with Crippen LogP contribution in [0.4, 0.5) is 10.5 Å². The van der Waals surface area contributed by atoms with Crippen LogP contribution in [0.15, 0.2) is 30.9 Å². The van der Waals surface area contributed by atoms with E-state index in [4.69, 9.17) is 5.11 Å². The highest BCUT2D eigenvalue weighted by molar-refractivity contribution is 5.94. The first-order valence-corrected chi connectivity index (χ1v) is 5.72. The van der Waals surface area contributed by atoms with Gasteiger partial charge in [0, 0.05) is 24.8 Å². The molecule has 6 heteroatoms. The van der Waals surface area contributed by atoms with E-state index in [0.717, 1.165) is 0 Å². The van der Waals surface area contributed by atoms with Gasteiger partial charge in [-0.15, -0.1) is 6.58 Å². The lowest BCUT2D eigenvalue weighted by atomic mass is 10.2. The average Bonchev–Trinajstić information content (AvgIpc) is 2.35. The number of aromatic hydroxyl groups is 1. The summed E-state index contributed by atoms with van der Waals surface area (Å²) in [5.41, 5.74) is 0.117. The van der Waals surface area contributed by atoms with Crippen LogP contribution >= 0.6 is 0 Å². The predicted molar refractivity (Wildman–Crippen MR) is 71.5 cm³/mol. The fraction of sp³-hybridized carbons (Fsp3) is 0.231. The number of carbonyl (C=O) groups is 2. The van der Waals surface area contributed by atoms with Gasteiger partial charge in [-0.1, -0.05) is 6.08 Å². The van der Waals surface area contributed by atoms with Gasteiger partial charge >= 0.3 is 12.0 Å². The van der Waals surface area contributed by atoms with Crippen molar-refractivity contribution in [3.63, 3.8) is 0 Å². The first-order chi connectivity index (χ1) is 8.99. The molecule has 6 nitrogen and oxygen atoms in total. The van der Waals surface area contributed by atoms with Crippen LogP contribution in [0.25, 0.3) is 0 Å². The number of nitrogens with zero attached hydrogens (tertiary/aromatic N) is 1. The van der Waals surface area contributed by atoms with Gasteiger partial charge in [0.05, 0.1) is 0 Å². The zero-order chi connectivity index (χ0) is 14.4. The van der Waals surface area contributed by atoms with Crippen molar-refractivity contribution in [3.05, 3.63) is 36.4 Å². The lowest BCUT2D eigenvalue weighted by Crippen LogP contribution is -2.34. The lowest BCUT2D eigenvalue weighted by Gasteiger charge is -2.19. The minimum Gasteiger partial charge on any atom is -0.507 e. The minimum atomic E-state index is -1.22. The number of carboxylic acid groups (broad SMARTS) is 1. The molecule has 0 aromatic heterocycles. The number of anilines is 1. The third kappa shape index (κ3) is 3.74. The minimum absolute atomic E-state index is 0.212. The lowest BCUT2D eigenvalue weighted by molar-refractivity contribution is 0.0694. The molecule has 0 aliphatic carbocycles. The van der Waals surface area contributed by atoms with Crippen LogP contribution in [0.2, 0.25) is 0 Å². The summed E-state index contributed by atoms with van der Waals surface area (Å²) in [5.74, 6) is -1.62. The summed E-state index contributed by atoms with van der Waals surface area (Å²) in [6.45, 7) is 6.30. The van der Waals surface area contributed by atoms with E-state index in [-0.39, 0.29) is 11.6 Å². The molecule has 102 valence electrons. The Morgan fingerprint density at radius 1 is 1.47 bits per heavy atom. The molecular weight excluding hydrogens is 248 g/mol. The molecule has 0 unspecified atom stereocenters. The maximum atomic E-state index is 11.8. The van der Waals surface area contributed by atoms with Gasteiger partial charge in [0.2, 0.25) is 0 Å². The number of phenols is 1. The molecule has 0 saturated carbocycles. The van der Waals surface area contributed by atoms with Crippen molar-refractivity contribution in [1.29, 1.82) is 0 Å². The monoisotopic (exact) mass is 264 g/mol. The number of likely N-dealkylation sites (N-methyl/N-ethyl adjacent to an activating group) is 1. The number of carboxylic acids is 1. The van der Waals surface area contributed by atoms with Crippen LogP contribution in [0.1, 0.15) is 17.3 Å². The van der Waals surface area contributed by atoms with E-state index >= 15 is 0 Å². The fourth-order valence-electron chi connectivity index (χ4n) is 1.50. The molecule has 0 bridgehead atoms. The quantitative estimate of drug-likeness (QED) is 0.711. The van der Waals surface area contributed by atoms with E-state index in [2.05, 4.69) is 11.9 Å². The first kappa shape index (κ1) is 14.6. The average molecular weight is 264 g/mol. The van der Waals surface area contributed by atoms with Crippen molar-refractivity contribution in [2.24, 2.45) is 0 Å². The first-order valence-electron chi connectivity index (χ1n) is 5.72. The highest BCUT2D eigenvalue weighted by Gasteiger charge is 2.13. The zero-order valence-electron chi connectivity index (χ0n) is 10.6. The van der Waals surface area contributed by atoms with Gasteiger partial charge in [-0.05, 0) is 19.1 Å². The van der Waals surface area contributed by atoms with E-state index in [1.165, 1.54) is 23.1 Å². The summed E-state index contributed by atoms with van der Waals surface area (Å²) in [5, 5.41) is 20.9. The SMILES string of the molecule is C=CCN(CC)C(=O)Nc1ccc(C(=O)O)c(O)c1. The van der Waals surface area contributed by atoms with Crippen LogP contribution in [-0.4, -0.2) is 40.2 Å². The summed E-state index contributed by atoms with van der Waals surface area (Å²) in [4.78, 5) is 24.1. The Hall–Kier alpha value is -2.50. The molecule has 0 spiro atoms. The van der Waals surface area contributed by atoms with Crippen molar-refractivity contribution in [1.82, 2.24) is 4.90 Å². The Morgan fingerprint density at radius 2 is 2.16 bits per heavy atom. The topological polar surface area (TPSA) is 89.9 Å². The smallest absolute Gasteiger partial charge is 0.339 e. The third-order valence-electron chi connectivity index (χ3n) is 2.50. The van der Waals surface area contributed by atoms with Crippen LogP contribution in [-0.2, 0) is 0 Å². The van der Waals surface area contributed by atoms with Gasteiger partial charge in [0.1, 0.15) is 11.3 Å². The Kier molecular flexibility index (Phi) is 4.93. The normalized spacial score (nSPS) is 9.74. The molecule has 3 N–H and O–H groups in total. The van der Waals surface area contributed by atoms with Crippen LogP contribution in [0, 0.1) is 0 Å². The third-order valence-corrected chi connectivity index (χ3v) is 2.50. The molecule has 2 amide bonds. The second-order valence-electron chi connectivity index (χ2n) is 3.79. The molecule has 1 rings (SSSR count). The van der Waals surface area contributed by atoms with Crippen molar-refractivity contribution in [3.8, 4) is 5.75 Å². The number of hydrogen-bond donors (Lipinski definition) is 3. The van der Waals surface area contributed by atoms with E-state index in [1.54, 1.807) is 6.08 Å². The summed E-state index contributed by atoms with van der Waals surface area (Å²) in [6, 6.07) is 3.51. The van der Waals surface area contributed by atoms with Gasteiger partial charge in [-0.3, -0.25) is 0 Å². The second kappa shape index (κ2) is 6.44. The van der Waals surface area contributed by atoms with Crippen molar-refractivity contribution < 1.29 is 19.8 Å².